The molecule has 6 nitrogen and oxygen atoms in total. The van der Waals surface area contributed by atoms with E-state index in [-0.39, 0.29) is 11.5 Å². The Morgan fingerprint density at radius 2 is 2.04 bits per heavy atom. The fourth-order valence-electron chi connectivity index (χ4n) is 2.59. The first-order valence-electron chi connectivity index (χ1n) is 8.36. The molecule has 3 heterocycles. The molecule has 0 aromatic carbocycles. The predicted octanol–water partition coefficient (Wildman–Crippen LogP) is 3.93. The molecule has 1 aliphatic carbocycles. The molecular weight excluding hydrogens is 320 g/mol. The molecule has 3 aromatic heterocycles. The zero-order valence-electron chi connectivity index (χ0n) is 14.4. The Morgan fingerprint density at radius 3 is 2.71 bits per heavy atom. The molecule has 0 aliphatic heterocycles. The maximum absolute atomic E-state index is 4.78. The monoisotopic (exact) mass is 342 g/mol. The third-order valence-electron chi connectivity index (χ3n) is 4.25. The van der Waals surface area contributed by atoms with Crippen molar-refractivity contribution in [3.63, 3.8) is 0 Å². The normalized spacial score (nSPS) is 16.5. The summed E-state index contributed by atoms with van der Waals surface area (Å²) in [6, 6.07) is 4.02. The van der Waals surface area contributed by atoms with Crippen molar-refractivity contribution in [1.82, 2.24) is 24.8 Å². The van der Waals surface area contributed by atoms with Gasteiger partial charge in [-0.05, 0) is 31.9 Å². The van der Waals surface area contributed by atoms with E-state index < -0.39 is 0 Å². The highest BCUT2D eigenvalue weighted by atomic mass is 32.1. The number of hydrogen-bond acceptors (Lipinski definition) is 6. The number of thiazole rings is 1. The molecule has 1 unspecified atom stereocenters. The Kier molecular flexibility index (Phi) is 3.56. The van der Waals surface area contributed by atoms with Crippen molar-refractivity contribution in [2.75, 3.05) is 5.32 Å². The molecule has 1 N–H and O–H groups in total. The Hall–Kier alpha value is -2.02. The minimum Gasteiger partial charge on any atom is -0.360 e. The van der Waals surface area contributed by atoms with Crippen LogP contribution in [0.25, 0.3) is 5.65 Å². The van der Waals surface area contributed by atoms with Gasteiger partial charge in [0.15, 0.2) is 11.5 Å². The summed E-state index contributed by atoms with van der Waals surface area (Å²) in [5.74, 6) is 2.32. The van der Waals surface area contributed by atoms with Gasteiger partial charge in [-0.25, -0.2) is 4.98 Å². The standard InChI is InChI=1S/C17H22N6S/c1-10(16-19-12(9-24-16)17(2,3)4)18-13-7-8-14-20-21-15(11-5-6-11)23(14)22-13/h7-11H,5-6H2,1-4H3,(H,18,22). The van der Waals surface area contributed by atoms with Crippen LogP contribution in [-0.2, 0) is 5.41 Å². The summed E-state index contributed by atoms with van der Waals surface area (Å²) < 4.78 is 1.87. The van der Waals surface area contributed by atoms with E-state index in [1.54, 1.807) is 11.3 Å². The second-order valence-electron chi connectivity index (χ2n) is 7.51. The van der Waals surface area contributed by atoms with Crippen LogP contribution in [0.15, 0.2) is 17.5 Å². The van der Waals surface area contributed by atoms with Gasteiger partial charge in [-0.3, -0.25) is 0 Å². The number of nitrogens with one attached hydrogen (secondary N) is 1. The average Bonchev–Trinajstić information content (AvgIpc) is 3.09. The first-order valence-corrected chi connectivity index (χ1v) is 9.24. The van der Waals surface area contributed by atoms with E-state index >= 15 is 0 Å². The molecule has 0 amide bonds. The molecule has 1 atom stereocenters. The maximum atomic E-state index is 4.78. The lowest BCUT2D eigenvalue weighted by Gasteiger charge is -2.15. The van der Waals surface area contributed by atoms with Crippen molar-refractivity contribution >= 4 is 22.8 Å². The molecule has 1 aliphatic rings. The van der Waals surface area contributed by atoms with Crippen LogP contribution < -0.4 is 5.32 Å². The van der Waals surface area contributed by atoms with Crippen molar-refractivity contribution in [3.8, 4) is 0 Å². The quantitative estimate of drug-likeness (QED) is 0.778. The van der Waals surface area contributed by atoms with Crippen molar-refractivity contribution in [1.29, 1.82) is 0 Å². The van der Waals surface area contributed by atoms with Gasteiger partial charge in [0, 0.05) is 16.7 Å². The van der Waals surface area contributed by atoms with E-state index in [9.17, 15) is 0 Å². The topological polar surface area (TPSA) is 68.0 Å². The van der Waals surface area contributed by atoms with Gasteiger partial charge >= 0.3 is 0 Å². The second-order valence-corrected chi connectivity index (χ2v) is 8.40. The van der Waals surface area contributed by atoms with Gasteiger partial charge in [0.25, 0.3) is 0 Å². The summed E-state index contributed by atoms with van der Waals surface area (Å²) in [4.78, 5) is 4.78. The van der Waals surface area contributed by atoms with Crippen molar-refractivity contribution in [2.24, 2.45) is 0 Å². The highest BCUT2D eigenvalue weighted by Crippen LogP contribution is 2.38. The fraction of sp³-hybridized carbons (Fsp3) is 0.529. The SMILES string of the molecule is CC(Nc1ccc2nnc(C3CC3)n2n1)c1nc(C(C)(C)C)cs1. The average molecular weight is 342 g/mol. The van der Waals surface area contributed by atoms with Crippen LogP contribution >= 0.6 is 11.3 Å². The van der Waals surface area contributed by atoms with Crippen LogP contribution in [0.4, 0.5) is 5.82 Å². The van der Waals surface area contributed by atoms with E-state index in [1.807, 2.05) is 16.6 Å². The fourth-order valence-corrected chi connectivity index (χ4v) is 3.65. The molecule has 4 rings (SSSR count). The summed E-state index contributed by atoms with van der Waals surface area (Å²) in [6.07, 6.45) is 2.37. The summed E-state index contributed by atoms with van der Waals surface area (Å²) in [5.41, 5.74) is 2.02. The van der Waals surface area contributed by atoms with Gasteiger partial charge in [-0.15, -0.1) is 26.6 Å². The van der Waals surface area contributed by atoms with Crippen LogP contribution in [0.1, 0.15) is 69.0 Å². The number of hydrogen-bond donors (Lipinski definition) is 1. The van der Waals surface area contributed by atoms with Crippen LogP contribution in [0.5, 0.6) is 0 Å². The molecule has 0 bridgehead atoms. The highest BCUT2D eigenvalue weighted by molar-refractivity contribution is 7.09. The molecule has 7 heteroatoms. The summed E-state index contributed by atoms with van der Waals surface area (Å²) >= 11 is 1.69. The maximum Gasteiger partial charge on any atom is 0.178 e. The van der Waals surface area contributed by atoms with Crippen molar-refractivity contribution in [2.45, 2.75) is 57.9 Å². The molecule has 0 spiro atoms. The van der Waals surface area contributed by atoms with Gasteiger partial charge in [0.05, 0.1) is 11.7 Å². The van der Waals surface area contributed by atoms with Gasteiger partial charge in [0.1, 0.15) is 10.8 Å². The Morgan fingerprint density at radius 1 is 1.25 bits per heavy atom. The summed E-state index contributed by atoms with van der Waals surface area (Å²) in [7, 11) is 0. The van der Waals surface area contributed by atoms with Gasteiger partial charge in [0.2, 0.25) is 0 Å². The third-order valence-corrected chi connectivity index (χ3v) is 5.28. The lowest BCUT2D eigenvalue weighted by atomic mass is 9.93. The number of nitrogens with zero attached hydrogens (tertiary/aromatic N) is 5. The first kappa shape index (κ1) is 15.5. The largest absolute Gasteiger partial charge is 0.360 e. The zero-order valence-corrected chi connectivity index (χ0v) is 15.3. The molecule has 1 saturated carbocycles. The van der Waals surface area contributed by atoms with Crippen molar-refractivity contribution < 1.29 is 0 Å². The minimum absolute atomic E-state index is 0.0767. The molecule has 0 radical (unpaired) electrons. The minimum atomic E-state index is 0.0767. The van der Waals surface area contributed by atoms with E-state index in [0.29, 0.717) is 5.92 Å². The predicted molar refractivity (Wildman–Crippen MR) is 95.6 cm³/mol. The second kappa shape index (κ2) is 5.51. The van der Waals surface area contributed by atoms with Crippen LogP contribution in [-0.4, -0.2) is 24.8 Å². The number of rotatable bonds is 4. The van der Waals surface area contributed by atoms with Gasteiger partial charge in [-0.2, -0.15) is 4.52 Å². The molecular formula is C17H22N6S. The molecule has 1 fully saturated rings. The number of anilines is 1. The Labute approximate surface area is 145 Å². The summed E-state index contributed by atoms with van der Waals surface area (Å²) in [5, 5.41) is 19.8. The molecule has 0 saturated heterocycles. The Bertz CT molecular complexity index is 871. The summed E-state index contributed by atoms with van der Waals surface area (Å²) in [6.45, 7) is 8.67. The number of fused-ring (bicyclic) bond motifs is 1. The van der Waals surface area contributed by atoms with Crippen LogP contribution in [0.2, 0.25) is 0 Å². The van der Waals surface area contributed by atoms with Crippen LogP contribution in [0, 0.1) is 0 Å². The van der Waals surface area contributed by atoms with Gasteiger partial charge in [-0.1, -0.05) is 20.8 Å². The van der Waals surface area contributed by atoms with E-state index in [0.717, 1.165) is 28.0 Å². The lowest BCUT2D eigenvalue weighted by Crippen LogP contribution is -2.13. The Balaban J connectivity index is 1.57. The smallest absolute Gasteiger partial charge is 0.178 e. The molecule has 3 aromatic rings. The van der Waals surface area contributed by atoms with Crippen LogP contribution in [0.3, 0.4) is 0 Å². The lowest BCUT2D eigenvalue weighted by molar-refractivity contribution is 0.569. The van der Waals surface area contributed by atoms with Crippen molar-refractivity contribution in [3.05, 3.63) is 34.0 Å². The number of aromatic nitrogens is 5. The third kappa shape index (κ3) is 2.88. The van der Waals surface area contributed by atoms with Gasteiger partial charge < -0.3 is 5.32 Å². The van der Waals surface area contributed by atoms with E-state index in [1.165, 1.54) is 12.8 Å². The van der Waals surface area contributed by atoms with E-state index in [2.05, 4.69) is 53.7 Å². The molecule has 126 valence electrons. The highest BCUT2D eigenvalue weighted by Gasteiger charge is 2.29. The van der Waals surface area contributed by atoms with E-state index in [4.69, 9.17) is 4.98 Å². The first-order chi connectivity index (χ1) is 11.4. The molecule has 24 heavy (non-hydrogen) atoms. The zero-order chi connectivity index (χ0) is 16.9.